The Balaban J connectivity index is 2.03. The van der Waals surface area contributed by atoms with Gasteiger partial charge in [-0.25, -0.2) is 4.39 Å². The van der Waals surface area contributed by atoms with Gasteiger partial charge in [0.15, 0.2) is 0 Å². The largest absolute Gasteiger partial charge is 0.385 e. The van der Waals surface area contributed by atoms with Crippen LogP contribution in [0.15, 0.2) is 42.5 Å². The summed E-state index contributed by atoms with van der Waals surface area (Å²) in [6, 6.07) is 10.2. The Morgan fingerprint density at radius 1 is 1.12 bits per heavy atom. The quantitative estimate of drug-likeness (QED) is 0.739. The van der Waals surface area contributed by atoms with Crippen molar-refractivity contribution in [3.8, 4) is 0 Å². The first-order chi connectivity index (χ1) is 12.0. The SMILES string of the molecule is COCCCNC(=O)c1cccc(C(=O)Nc2ccc(F)c(Cl)c2)c1. The summed E-state index contributed by atoms with van der Waals surface area (Å²) >= 11 is 5.69. The zero-order valence-electron chi connectivity index (χ0n) is 13.6. The minimum Gasteiger partial charge on any atom is -0.385 e. The van der Waals surface area contributed by atoms with Crippen molar-refractivity contribution in [3.05, 3.63) is 64.4 Å². The molecule has 0 aliphatic heterocycles. The molecule has 2 rings (SSSR count). The summed E-state index contributed by atoms with van der Waals surface area (Å²) in [6.07, 6.45) is 0.702. The third kappa shape index (κ3) is 5.55. The van der Waals surface area contributed by atoms with Gasteiger partial charge in [-0.15, -0.1) is 0 Å². The predicted molar refractivity (Wildman–Crippen MR) is 94.6 cm³/mol. The number of halogens is 2. The summed E-state index contributed by atoms with van der Waals surface area (Å²) in [5, 5.41) is 5.29. The molecule has 25 heavy (non-hydrogen) atoms. The van der Waals surface area contributed by atoms with Crippen molar-refractivity contribution in [2.45, 2.75) is 6.42 Å². The van der Waals surface area contributed by atoms with E-state index in [0.29, 0.717) is 36.4 Å². The van der Waals surface area contributed by atoms with Crippen molar-refractivity contribution in [3.63, 3.8) is 0 Å². The highest BCUT2D eigenvalue weighted by Gasteiger charge is 2.11. The average molecular weight is 365 g/mol. The lowest BCUT2D eigenvalue weighted by molar-refractivity contribution is 0.0948. The van der Waals surface area contributed by atoms with Crippen LogP contribution in [0.3, 0.4) is 0 Å². The maximum absolute atomic E-state index is 13.2. The van der Waals surface area contributed by atoms with Crippen LogP contribution in [-0.2, 0) is 4.74 Å². The monoisotopic (exact) mass is 364 g/mol. The second-order valence-corrected chi connectivity index (χ2v) is 5.67. The van der Waals surface area contributed by atoms with Gasteiger partial charge in [-0.3, -0.25) is 9.59 Å². The van der Waals surface area contributed by atoms with E-state index in [0.717, 1.165) is 0 Å². The molecule has 5 nitrogen and oxygen atoms in total. The van der Waals surface area contributed by atoms with Gasteiger partial charge in [0, 0.05) is 37.1 Å². The molecule has 0 spiro atoms. The summed E-state index contributed by atoms with van der Waals surface area (Å²) in [6.45, 7) is 1.04. The fourth-order valence-electron chi connectivity index (χ4n) is 2.10. The number of carbonyl (C=O) groups excluding carboxylic acids is 2. The van der Waals surface area contributed by atoms with Crippen molar-refractivity contribution in [1.82, 2.24) is 5.32 Å². The Labute approximate surface area is 150 Å². The van der Waals surface area contributed by atoms with Crippen molar-refractivity contribution in [2.24, 2.45) is 0 Å². The first kappa shape index (κ1) is 18.9. The van der Waals surface area contributed by atoms with Gasteiger partial charge in [0.05, 0.1) is 5.02 Å². The van der Waals surface area contributed by atoms with E-state index in [1.54, 1.807) is 25.3 Å². The number of methoxy groups -OCH3 is 1. The molecule has 132 valence electrons. The topological polar surface area (TPSA) is 67.4 Å². The number of benzene rings is 2. The molecule has 2 N–H and O–H groups in total. The third-order valence-electron chi connectivity index (χ3n) is 3.38. The lowest BCUT2D eigenvalue weighted by Crippen LogP contribution is -2.25. The third-order valence-corrected chi connectivity index (χ3v) is 3.66. The van der Waals surface area contributed by atoms with E-state index in [2.05, 4.69) is 10.6 Å². The molecule has 0 fully saturated rings. The Hall–Kier alpha value is -2.44. The van der Waals surface area contributed by atoms with Gasteiger partial charge in [0.1, 0.15) is 5.82 Å². The van der Waals surface area contributed by atoms with Crippen LogP contribution in [-0.4, -0.2) is 32.1 Å². The van der Waals surface area contributed by atoms with Gasteiger partial charge in [-0.2, -0.15) is 0 Å². The highest BCUT2D eigenvalue weighted by Crippen LogP contribution is 2.20. The fraction of sp³-hybridized carbons (Fsp3) is 0.222. The van der Waals surface area contributed by atoms with E-state index in [1.807, 2.05) is 0 Å². The van der Waals surface area contributed by atoms with Crippen molar-refractivity contribution in [2.75, 3.05) is 25.6 Å². The van der Waals surface area contributed by atoms with Crippen molar-refractivity contribution in [1.29, 1.82) is 0 Å². The van der Waals surface area contributed by atoms with Crippen LogP contribution < -0.4 is 10.6 Å². The molecule has 0 radical (unpaired) electrons. The lowest BCUT2D eigenvalue weighted by atomic mass is 10.1. The van der Waals surface area contributed by atoms with Crippen LogP contribution in [0.2, 0.25) is 5.02 Å². The van der Waals surface area contributed by atoms with Crippen molar-refractivity contribution < 1.29 is 18.7 Å². The number of nitrogens with one attached hydrogen (secondary N) is 2. The van der Waals surface area contributed by atoms with E-state index in [-0.39, 0.29) is 10.9 Å². The molecule has 0 saturated carbocycles. The van der Waals surface area contributed by atoms with Gasteiger partial charge in [0.25, 0.3) is 11.8 Å². The van der Waals surface area contributed by atoms with Gasteiger partial charge in [-0.05, 0) is 42.8 Å². The highest BCUT2D eigenvalue weighted by molar-refractivity contribution is 6.31. The molecule has 2 aromatic rings. The Morgan fingerprint density at radius 2 is 1.84 bits per heavy atom. The summed E-state index contributed by atoms with van der Waals surface area (Å²) in [7, 11) is 1.60. The molecule has 0 aliphatic rings. The molecule has 0 saturated heterocycles. The first-order valence-corrected chi connectivity index (χ1v) is 8.02. The minimum absolute atomic E-state index is 0.0815. The smallest absolute Gasteiger partial charge is 0.255 e. The molecule has 0 aromatic heterocycles. The molecule has 0 unspecified atom stereocenters. The molecule has 0 atom stereocenters. The Bertz CT molecular complexity index is 768. The van der Waals surface area contributed by atoms with Gasteiger partial charge in [-0.1, -0.05) is 17.7 Å². The zero-order valence-corrected chi connectivity index (χ0v) is 14.4. The molecule has 0 heterocycles. The van der Waals surface area contributed by atoms with Gasteiger partial charge >= 0.3 is 0 Å². The van der Waals surface area contributed by atoms with Crippen LogP contribution in [0.25, 0.3) is 0 Å². The predicted octanol–water partition coefficient (Wildman–Crippen LogP) is 3.50. The molecule has 7 heteroatoms. The molecule has 0 bridgehead atoms. The molecule has 2 aromatic carbocycles. The molecule has 0 aliphatic carbocycles. The number of anilines is 1. The van der Waals surface area contributed by atoms with E-state index in [9.17, 15) is 14.0 Å². The number of hydrogen-bond donors (Lipinski definition) is 2. The van der Waals surface area contributed by atoms with Crippen LogP contribution in [0.5, 0.6) is 0 Å². The maximum atomic E-state index is 13.2. The summed E-state index contributed by atoms with van der Waals surface area (Å²) < 4.78 is 18.1. The molecular weight excluding hydrogens is 347 g/mol. The Kier molecular flexibility index (Phi) is 6.91. The lowest BCUT2D eigenvalue weighted by Gasteiger charge is -2.08. The summed E-state index contributed by atoms with van der Waals surface area (Å²) in [5.74, 6) is -1.25. The van der Waals surface area contributed by atoms with E-state index in [4.69, 9.17) is 16.3 Å². The second kappa shape index (κ2) is 9.15. The van der Waals surface area contributed by atoms with E-state index >= 15 is 0 Å². The second-order valence-electron chi connectivity index (χ2n) is 5.27. The number of carbonyl (C=O) groups is 2. The van der Waals surface area contributed by atoms with Crippen LogP contribution in [0.1, 0.15) is 27.1 Å². The molecular formula is C18H18ClFN2O3. The van der Waals surface area contributed by atoms with Crippen LogP contribution >= 0.6 is 11.6 Å². The standard InChI is InChI=1S/C18H18ClFN2O3/c1-25-9-3-8-21-17(23)12-4-2-5-13(10-12)18(24)22-14-6-7-16(20)15(19)11-14/h2,4-7,10-11H,3,8-9H2,1H3,(H,21,23)(H,22,24). The average Bonchev–Trinajstić information content (AvgIpc) is 2.62. The van der Waals surface area contributed by atoms with Gasteiger partial charge < -0.3 is 15.4 Å². The van der Waals surface area contributed by atoms with E-state index < -0.39 is 11.7 Å². The zero-order chi connectivity index (χ0) is 18.2. The van der Waals surface area contributed by atoms with E-state index in [1.165, 1.54) is 24.3 Å². The Morgan fingerprint density at radius 3 is 2.52 bits per heavy atom. The summed E-state index contributed by atoms with van der Waals surface area (Å²) in [5.41, 5.74) is 1.05. The van der Waals surface area contributed by atoms with Crippen LogP contribution in [0.4, 0.5) is 10.1 Å². The normalized spacial score (nSPS) is 10.4. The minimum atomic E-state index is -0.563. The maximum Gasteiger partial charge on any atom is 0.255 e. The summed E-state index contributed by atoms with van der Waals surface area (Å²) in [4.78, 5) is 24.4. The van der Waals surface area contributed by atoms with Crippen molar-refractivity contribution >= 4 is 29.1 Å². The number of rotatable bonds is 7. The van der Waals surface area contributed by atoms with Crippen LogP contribution in [0, 0.1) is 5.82 Å². The molecule has 2 amide bonds. The van der Waals surface area contributed by atoms with Gasteiger partial charge in [0.2, 0.25) is 0 Å². The first-order valence-electron chi connectivity index (χ1n) is 7.65. The fourth-order valence-corrected chi connectivity index (χ4v) is 2.28. The number of amides is 2. The number of ether oxygens (including phenoxy) is 1. The number of hydrogen-bond acceptors (Lipinski definition) is 3. The highest BCUT2D eigenvalue weighted by atomic mass is 35.5.